The van der Waals surface area contributed by atoms with Crippen LogP contribution in [0.4, 0.5) is 8.78 Å². The van der Waals surface area contributed by atoms with E-state index < -0.39 is 17.4 Å². The van der Waals surface area contributed by atoms with Gasteiger partial charge < -0.3 is 5.32 Å². The summed E-state index contributed by atoms with van der Waals surface area (Å²) in [6.07, 6.45) is 0. The molecule has 0 saturated carbocycles. The summed E-state index contributed by atoms with van der Waals surface area (Å²) in [6, 6.07) is 1.96. The van der Waals surface area contributed by atoms with Crippen LogP contribution in [-0.4, -0.2) is 19.4 Å². The zero-order chi connectivity index (χ0) is 10.7. The molecule has 1 aromatic carbocycles. The molecule has 0 heterocycles. The summed E-state index contributed by atoms with van der Waals surface area (Å²) in [7, 11) is 1.57. The summed E-state index contributed by atoms with van der Waals surface area (Å²) in [5.74, 6) is -1.70. The van der Waals surface area contributed by atoms with Gasteiger partial charge in [0.2, 0.25) is 0 Å². The molecule has 0 aliphatic carbocycles. The number of Topliss-reactive ketones (excluding diaryl/α,β-unsaturated/α-hetero) is 1. The maximum Gasteiger partial charge on any atom is 0.179 e. The number of carbonyl (C=O) groups is 1. The Balaban J connectivity index is 3.09. The largest absolute Gasteiger partial charge is 0.313 e. The molecule has 1 rings (SSSR count). The van der Waals surface area contributed by atoms with Crippen LogP contribution in [0.25, 0.3) is 0 Å². The zero-order valence-electron chi connectivity index (χ0n) is 8.03. The highest BCUT2D eigenvalue weighted by molar-refractivity contribution is 5.97. The molecule has 1 N–H and O–H groups in total. The Morgan fingerprint density at radius 1 is 1.36 bits per heavy atom. The summed E-state index contributed by atoms with van der Waals surface area (Å²) in [6.45, 7) is 1.45. The van der Waals surface area contributed by atoms with Gasteiger partial charge in [0.05, 0.1) is 12.1 Å². The van der Waals surface area contributed by atoms with Gasteiger partial charge in [0, 0.05) is 0 Å². The van der Waals surface area contributed by atoms with E-state index >= 15 is 0 Å². The van der Waals surface area contributed by atoms with E-state index in [9.17, 15) is 13.6 Å². The number of halogens is 2. The Kier molecular flexibility index (Phi) is 3.30. The van der Waals surface area contributed by atoms with Crippen LogP contribution in [0.3, 0.4) is 0 Å². The summed E-state index contributed by atoms with van der Waals surface area (Å²) >= 11 is 0. The Bertz CT molecular complexity index is 363. The molecule has 0 aliphatic rings. The number of ketones is 1. The molecule has 0 aliphatic heterocycles. The summed E-state index contributed by atoms with van der Waals surface area (Å²) < 4.78 is 26.2. The van der Waals surface area contributed by atoms with Gasteiger partial charge in [-0.15, -0.1) is 0 Å². The van der Waals surface area contributed by atoms with Crippen molar-refractivity contribution >= 4 is 5.78 Å². The molecule has 0 saturated heterocycles. The van der Waals surface area contributed by atoms with Crippen molar-refractivity contribution in [3.63, 3.8) is 0 Å². The van der Waals surface area contributed by atoms with E-state index in [1.54, 1.807) is 7.05 Å². The predicted molar refractivity (Wildman–Crippen MR) is 49.4 cm³/mol. The zero-order valence-corrected chi connectivity index (χ0v) is 8.03. The van der Waals surface area contributed by atoms with Crippen molar-refractivity contribution in [2.45, 2.75) is 6.92 Å². The van der Waals surface area contributed by atoms with Crippen LogP contribution in [0.2, 0.25) is 0 Å². The number of hydrogen-bond acceptors (Lipinski definition) is 2. The molecular weight excluding hydrogens is 188 g/mol. The normalized spacial score (nSPS) is 10.3. The highest BCUT2D eigenvalue weighted by Crippen LogP contribution is 2.14. The second-order valence-corrected chi connectivity index (χ2v) is 3.03. The number of hydrogen-bond donors (Lipinski definition) is 1. The molecule has 0 bridgehead atoms. The molecule has 0 radical (unpaired) electrons. The van der Waals surface area contributed by atoms with Gasteiger partial charge in [0.1, 0.15) is 11.6 Å². The van der Waals surface area contributed by atoms with Gasteiger partial charge in [-0.3, -0.25) is 4.79 Å². The molecule has 0 spiro atoms. The molecule has 1 aromatic rings. The Labute approximate surface area is 80.9 Å². The predicted octanol–water partition coefficient (Wildman–Crippen LogP) is 1.68. The van der Waals surface area contributed by atoms with Crippen molar-refractivity contribution in [2.24, 2.45) is 0 Å². The highest BCUT2D eigenvalue weighted by Gasteiger charge is 2.13. The Morgan fingerprint density at radius 2 is 2.00 bits per heavy atom. The van der Waals surface area contributed by atoms with Gasteiger partial charge in [-0.25, -0.2) is 8.78 Å². The maximum atomic E-state index is 13.2. The van der Waals surface area contributed by atoms with Crippen LogP contribution >= 0.6 is 0 Å². The van der Waals surface area contributed by atoms with E-state index in [4.69, 9.17) is 0 Å². The van der Waals surface area contributed by atoms with E-state index in [2.05, 4.69) is 5.32 Å². The smallest absolute Gasteiger partial charge is 0.179 e. The molecule has 76 valence electrons. The molecule has 0 fully saturated rings. The quantitative estimate of drug-likeness (QED) is 0.750. The van der Waals surface area contributed by atoms with Crippen molar-refractivity contribution in [1.29, 1.82) is 0 Å². The fourth-order valence-corrected chi connectivity index (χ4v) is 1.12. The molecule has 0 atom stereocenters. The minimum Gasteiger partial charge on any atom is -0.313 e. The first-order valence-corrected chi connectivity index (χ1v) is 4.19. The molecule has 0 amide bonds. The van der Waals surface area contributed by atoms with Crippen LogP contribution in [0.5, 0.6) is 0 Å². The number of nitrogens with one attached hydrogen (secondary N) is 1. The molecule has 2 nitrogen and oxygen atoms in total. The molecule has 0 aromatic heterocycles. The lowest BCUT2D eigenvalue weighted by Gasteiger charge is -2.04. The lowest BCUT2D eigenvalue weighted by atomic mass is 10.1. The monoisotopic (exact) mass is 199 g/mol. The van der Waals surface area contributed by atoms with Crippen LogP contribution in [0.1, 0.15) is 15.9 Å². The van der Waals surface area contributed by atoms with Gasteiger partial charge in [0.15, 0.2) is 5.78 Å². The fraction of sp³-hybridized carbons (Fsp3) is 0.300. The fourth-order valence-electron chi connectivity index (χ4n) is 1.12. The van der Waals surface area contributed by atoms with Gasteiger partial charge in [0.25, 0.3) is 0 Å². The second-order valence-electron chi connectivity index (χ2n) is 3.03. The Hall–Kier alpha value is -1.29. The Morgan fingerprint density at radius 3 is 2.57 bits per heavy atom. The van der Waals surface area contributed by atoms with E-state index in [0.29, 0.717) is 0 Å². The van der Waals surface area contributed by atoms with Crippen molar-refractivity contribution in [3.05, 3.63) is 34.9 Å². The van der Waals surface area contributed by atoms with Crippen LogP contribution in [0.15, 0.2) is 12.1 Å². The standard InChI is InChI=1S/C10H11F2NO/c1-6-3-9(12)7(4-8(6)11)10(14)5-13-2/h3-4,13H,5H2,1-2H3. The maximum absolute atomic E-state index is 13.2. The number of likely N-dealkylation sites (N-methyl/N-ethyl adjacent to an activating group) is 1. The van der Waals surface area contributed by atoms with E-state index in [0.717, 1.165) is 12.1 Å². The SMILES string of the molecule is CNCC(=O)c1cc(F)c(C)cc1F. The lowest BCUT2D eigenvalue weighted by molar-refractivity contribution is 0.0989. The van der Waals surface area contributed by atoms with Crippen molar-refractivity contribution in [3.8, 4) is 0 Å². The topological polar surface area (TPSA) is 29.1 Å². The van der Waals surface area contributed by atoms with E-state index in [1.807, 2.05) is 0 Å². The first-order chi connectivity index (χ1) is 6.56. The summed E-state index contributed by atoms with van der Waals surface area (Å²) in [4.78, 5) is 11.3. The van der Waals surface area contributed by atoms with Gasteiger partial charge in [-0.2, -0.15) is 0 Å². The van der Waals surface area contributed by atoms with Crippen molar-refractivity contribution in [1.82, 2.24) is 5.32 Å². The molecule has 4 heteroatoms. The van der Waals surface area contributed by atoms with Gasteiger partial charge in [-0.05, 0) is 31.7 Å². The first kappa shape index (κ1) is 10.8. The number of aryl methyl sites for hydroxylation is 1. The average Bonchev–Trinajstić information content (AvgIpc) is 2.11. The van der Waals surface area contributed by atoms with Crippen LogP contribution < -0.4 is 5.32 Å². The minimum absolute atomic E-state index is 0.000574. The van der Waals surface area contributed by atoms with Gasteiger partial charge in [-0.1, -0.05) is 0 Å². The highest BCUT2D eigenvalue weighted by atomic mass is 19.1. The third kappa shape index (κ3) is 2.14. The first-order valence-electron chi connectivity index (χ1n) is 4.19. The number of carbonyl (C=O) groups excluding carboxylic acids is 1. The molecular formula is C10H11F2NO. The third-order valence-electron chi connectivity index (χ3n) is 1.89. The second kappa shape index (κ2) is 4.28. The van der Waals surface area contributed by atoms with Crippen LogP contribution in [0, 0.1) is 18.6 Å². The molecule has 14 heavy (non-hydrogen) atoms. The summed E-state index contributed by atoms with van der Waals surface area (Å²) in [5, 5.41) is 2.59. The van der Waals surface area contributed by atoms with Crippen molar-refractivity contribution < 1.29 is 13.6 Å². The third-order valence-corrected chi connectivity index (χ3v) is 1.89. The van der Waals surface area contributed by atoms with Crippen molar-refractivity contribution in [2.75, 3.05) is 13.6 Å². The average molecular weight is 199 g/mol. The number of benzene rings is 1. The van der Waals surface area contributed by atoms with E-state index in [-0.39, 0.29) is 17.7 Å². The lowest BCUT2D eigenvalue weighted by Crippen LogP contribution is -2.19. The van der Waals surface area contributed by atoms with Gasteiger partial charge >= 0.3 is 0 Å². The van der Waals surface area contributed by atoms with Crippen LogP contribution in [-0.2, 0) is 0 Å². The molecule has 0 unspecified atom stereocenters. The van der Waals surface area contributed by atoms with E-state index in [1.165, 1.54) is 6.92 Å². The minimum atomic E-state index is -0.677. The number of rotatable bonds is 3. The summed E-state index contributed by atoms with van der Waals surface area (Å²) in [5.41, 5.74) is -0.00837.